The van der Waals surface area contributed by atoms with Crippen LogP contribution in [0, 0.1) is 0 Å². The minimum atomic E-state index is -0.326. The summed E-state index contributed by atoms with van der Waals surface area (Å²) in [5.41, 5.74) is 1.62. The van der Waals surface area contributed by atoms with E-state index in [4.69, 9.17) is 13.6 Å². The van der Waals surface area contributed by atoms with Crippen molar-refractivity contribution in [3.05, 3.63) is 78.1 Å². The van der Waals surface area contributed by atoms with Gasteiger partial charge in [0.05, 0.1) is 25.3 Å². The number of para-hydroxylation sites is 1. The fourth-order valence-electron chi connectivity index (χ4n) is 2.96. The van der Waals surface area contributed by atoms with Gasteiger partial charge >= 0.3 is 5.91 Å². The topological polar surface area (TPSA) is 68.2 Å². The van der Waals surface area contributed by atoms with Crippen LogP contribution in [0.25, 0.3) is 0 Å². The number of furan rings is 2. The van der Waals surface area contributed by atoms with Crippen molar-refractivity contribution in [2.24, 2.45) is 5.10 Å². The molecule has 0 aliphatic carbocycles. The normalized spacial score (nSPS) is 16.8. The van der Waals surface area contributed by atoms with E-state index in [0.29, 0.717) is 17.9 Å². The first-order valence-corrected chi connectivity index (χ1v) is 7.89. The highest BCUT2D eigenvalue weighted by molar-refractivity contribution is 6.06. The molecule has 0 saturated carbocycles. The SMILES string of the molecule is COc1ccccc1C1=NN(C(=O)c2ccco2)[C@H](c2ccco2)C1. The first-order chi connectivity index (χ1) is 12.3. The number of ether oxygens (including phenoxy) is 1. The summed E-state index contributed by atoms with van der Waals surface area (Å²) < 4.78 is 16.2. The van der Waals surface area contributed by atoms with Crippen molar-refractivity contribution in [1.29, 1.82) is 0 Å². The molecule has 3 heterocycles. The Labute approximate surface area is 144 Å². The predicted molar refractivity (Wildman–Crippen MR) is 90.5 cm³/mol. The number of hydrazone groups is 1. The number of amides is 1. The molecule has 126 valence electrons. The van der Waals surface area contributed by atoms with Crippen LogP contribution in [0.2, 0.25) is 0 Å². The highest BCUT2D eigenvalue weighted by Crippen LogP contribution is 2.36. The zero-order valence-electron chi connectivity index (χ0n) is 13.6. The number of hydrogen-bond donors (Lipinski definition) is 0. The van der Waals surface area contributed by atoms with E-state index in [1.165, 1.54) is 11.3 Å². The molecule has 3 aromatic rings. The quantitative estimate of drug-likeness (QED) is 0.725. The molecule has 1 amide bonds. The van der Waals surface area contributed by atoms with E-state index in [0.717, 1.165) is 11.3 Å². The lowest BCUT2D eigenvalue weighted by Gasteiger charge is -2.18. The third-order valence-corrected chi connectivity index (χ3v) is 4.14. The molecule has 4 rings (SSSR count). The van der Waals surface area contributed by atoms with Crippen molar-refractivity contribution >= 4 is 11.6 Å². The van der Waals surface area contributed by atoms with E-state index in [-0.39, 0.29) is 17.7 Å². The van der Waals surface area contributed by atoms with Crippen LogP contribution in [-0.4, -0.2) is 23.7 Å². The average Bonchev–Trinajstić information content (AvgIpc) is 3.42. The Balaban J connectivity index is 1.74. The summed E-state index contributed by atoms with van der Waals surface area (Å²) in [5.74, 6) is 1.32. The van der Waals surface area contributed by atoms with Crippen LogP contribution in [0.3, 0.4) is 0 Å². The molecule has 0 saturated heterocycles. The van der Waals surface area contributed by atoms with Crippen molar-refractivity contribution in [1.82, 2.24) is 5.01 Å². The van der Waals surface area contributed by atoms with Gasteiger partial charge in [-0.3, -0.25) is 4.79 Å². The Kier molecular flexibility index (Phi) is 3.85. The molecule has 0 spiro atoms. The number of rotatable bonds is 4. The van der Waals surface area contributed by atoms with E-state index >= 15 is 0 Å². The van der Waals surface area contributed by atoms with Crippen molar-refractivity contribution < 1.29 is 18.4 Å². The van der Waals surface area contributed by atoms with Crippen molar-refractivity contribution in [3.8, 4) is 5.75 Å². The van der Waals surface area contributed by atoms with Crippen molar-refractivity contribution in [2.75, 3.05) is 7.11 Å². The molecule has 1 aliphatic rings. The van der Waals surface area contributed by atoms with Crippen LogP contribution in [0.15, 0.2) is 75.0 Å². The van der Waals surface area contributed by atoms with E-state index in [9.17, 15) is 4.79 Å². The van der Waals surface area contributed by atoms with Gasteiger partial charge in [0.15, 0.2) is 5.76 Å². The third-order valence-electron chi connectivity index (χ3n) is 4.14. The van der Waals surface area contributed by atoms with Crippen LogP contribution >= 0.6 is 0 Å². The zero-order valence-corrected chi connectivity index (χ0v) is 13.6. The molecule has 1 aliphatic heterocycles. The number of methoxy groups -OCH3 is 1. The maximum atomic E-state index is 12.8. The molecule has 0 N–H and O–H groups in total. The van der Waals surface area contributed by atoms with E-state index in [1.807, 2.05) is 30.3 Å². The summed E-state index contributed by atoms with van der Waals surface area (Å²) in [6.07, 6.45) is 3.59. The summed E-state index contributed by atoms with van der Waals surface area (Å²) in [4.78, 5) is 12.8. The Morgan fingerprint density at radius 2 is 1.92 bits per heavy atom. The Morgan fingerprint density at radius 1 is 1.12 bits per heavy atom. The zero-order chi connectivity index (χ0) is 17.2. The highest BCUT2D eigenvalue weighted by atomic mass is 16.5. The summed E-state index contributed by atoms with van der Waals surface area (Å²) in [6, 6.07) is 14.2. The summed E-state index contributed by atoms with van der Waals surface area (Å²) in [6.45, 7) is 0. The third kappa shape index (κ3) is 2.71. The highest BCUT2D eigenvalue weighted by Gasteiger charge is 2.36. The van der Waals surface area contributed by atoms with Gasteiger partial charge in [-0.15, -0.1) is 0 Å². The number of nitrogens with zero attached hydrogens (tertiary/aromatic N) is 2. The van der Waals surface area contributed by atoms with Crippen molar-refractivity contribution in [3.63, 3.8) is 0 Å². The monoisotopic (exact) mass is 336 g/mol. The molecule has 0 fully saturated rings. The summed E-state index contributed by atoms with van der Waals surface area (Å²) >= 11 is 0. The molecular formula is C19H16N2O4. The minimum absolute atomic E-state index is 0.238. The van der Waals surface area contributed by atoms with Gasteiger partial charge in [-0.25, -0.2) is 5.01 Å². The van der Waals surface area contributed by atoms with Gasteiger partial charge in [-0.2, -0.15) is 5.10 Å². The van der Waals surface area contributed by atoms with Gasteiger partial charge in [0.2, 0.25) is 0 Å². The second-order valence-electron chi connectivity index (χ2n) is 5.61. The second-order valence-corrected chi connectivity index (χ2v) is 5.61. The van der Waals surface area contributed by atoms with Crippen LogP contribution < -0.4 is 4.74 Å². The van der Waals surface area contributed by atoms with Crippen LogP contribution in [0.4, 0.5) is 0 Å². The lowest BCUT2D eigenvalue weighted by Crippen LogP contribution is -2.26. The van der Waals surface area contributed by atoms with Crippen LogP contribution in [0.5, 0.6) is 5.75 Å². The summed E-state index contributed by atoms with van der Waals surface area (Å²) in [5, 5.41) is 5.98. The Bertz CT molecular complexity index is 897. The van der Waals surface area contributed by atoms with Gasteiger partial charge in [0.25, 0.3) is 0 Å². The maximum Gasteiger partial charge on any atom is 0.310 e. The Hall–Kier alpha value is -3.28. The standard InChI is InChI=1S/C19H16N2O4/c1-23-16-7-3-2-6-13(16)14-12-15(17-8-4-10-24-17)21(20-14)19(22)18-9-5-11-25-18/h2-11,15H,12H2,1H3/t15-/m0/s1. The van der Waals surface area contributed by atoms with Crippen LogP contribution in [-0.2, 0) is 0 Å². The molecule has 0 unspecified atom stereocenters. The van der Waals surface area contributed by atoms with Gasteiger partial charge in [0, 0.05) is 12.0 Å². The van der Waals surface area contributed by atoms with E-state index in [2.05, 4.69) is 5.10 Å². The first kappa shape index (κ1) is 15.3. The molecule has 2 aromatic heterocycles. The first-order valence-electron chi connectivity index (χ1n) is 7.89. The predicted octanol–water partition coefficient (Wildman–Crippen LogP) is 3.87. The second kappa shape index (κ2) is 6.32. The molecule has 0 bridgehead atoms. The van der Waals surface area contributed by atoms with Gasteiger partial charge < -0.3 is 13.6 Å². The lowest BCUT2D eigenvalue weighted by atomic mass is 10.0. The largest absolute Gasteiger partial charge is 0.496 e. The number of hydrogen-bond acceptors (Lipinski definition) is 5. The fourth-order valence-corrected chi connectivity index (χ4v) is 2.96. The van der Waals surface area contributed by atoms with Crippen molar-refractivity contribution in [2.45, 2.75) is 12.5 Å². The average molecular weight is 336 g/mol. The number of carbonyl (C=O) groups excluding carboxylic acids is 1. The maximum absolute atomic E-state index is 12.8. The molecular weight excluding hydrogens is 320 g/mol. The molecule has 0 radical (unpaired) electrons. The smallest absolute Gasteiger partial charge is 0.310 e. The molecule has 6 heteroatoms. The number of carbonyl (C=O) groups is 1. The van der Waals surface area contributed by atoms with E-state index < -0.39 is 0 Å². The van der Waals surface area contributed by atoms with Crippen LogP contribution in [0.1, 0.15) is 34.3 Å². The lowest BCUT2D eigenvalue weighted by molar-refractivity contribution is 0.0660. The molecule has 25 heavy (non-hydrogen) atoms. The summed E-state index contributed by atoms with van der Waals surface area (Å²) in [7, 11) is 1.62. The Morgan fingerprint density at radius 3 is 2.64 bits per heavy atom. The van der Waals surface area contributed by atoms with Gasteiger partial charge in [0.1, 0.15) is 17.6 Å². The van der Waals surface area contributed by atoms with E-state index in [1.54, 1.807) is 31.6 Å². The van der Waals surface area contributed by atoms with Gasteiger partial charge in [-0.1, -0.05) is 12.1 Å². The fraction of sp³-hybridized carbons (Fsp3) is 0.158. The molecule has 1 atom stereocenters. The molecule has 6 nitrogen and oxygen atoms in total. The minimum Gasteiger partial charge on any atom is -0.496 e. The number of benzene rings is 1. The van der Waals surface area contributed by atoms with Gasteiger partial charge in [-0.05, 0) is 36.4 Å². The molecule has 1 aromatic carbocycles.